The van der Waals surface area contributed by atoms with Crippen LogP contribution in [0.15, 0.2) is 47.7 Å². The van der Waals surface area contributed by atoms with Crippen molar-refractivity contribution < 1.29 is 18.7 Å². The Morgan fingerprint density at radius 1 is 1.65 bits per heavy atom. The maximum absolute atomic E-state index is 11.2. The molecule has 0 amide bonds. The number of nitrogens with zero attached hydrogens (tertiary/aromatic N) is 1. The molecule has 1 unspecified atom stereocenters. The lowest BCUT2D eigenvalue weighted by molar-refractivity contribution is -0.132. The lowest BCUT2D eigenvalue weighted by Gasteiger charge is -2.28. The number of aliphatic carboxylic acids is 1. The van der Waals surface area contributed by atoms with Gasteiger partial charge in [0.05, 0.1) is 17.8 Å². The smallest absolute Gasteiger partial charge is 0.333 e. The monoisotopic (exact) mass is 255 g/mol. The van der Waals surface area contributed by atoms with Crippen molar-refractivity contribution in [1.82, 2.24) is 4.31 Å². The van der Waals surface area contributed by atoms with Crippen LogP contribution in [0.5, 0.6) is 0 Å². The molecule has 0 aliphatic carbocycles. The highest BCUT2D eigenvalue weighted by Crippen LogP contribution is 2.26. The molecule has 1 heterocycles. The highest BCUT2D eigenvalue weighted by atomic mass is 32.2. The fourth-order valence-corrected chi connectivity index (χ4v) is 2.16. The van der Waals surface area contributed by atoms with Gasteiger partial charge in [-0.2, -0.15) is 0 Å². The molecule has 0 saturated carbocycles. The maximum atomic E-state index is 11.2. The molecule has 6 heteroatoms. The molecule has 17 heavy (non-hydrogen) atoms. The van der Waals surface area contributed by atoms with Crippen LogP contribution in [0, 0.1) is 0 Å². The molecular formula is C11H13NO4S. The Balaban J connectivity index is 3.31. The van der Waals surface area contributed by atoms with Crippen LogP contribution in [0.2, 0.25) is 0 Å². The number of carboxylic acid groups (broad SMARTS) is 1. The quantitative estimate of drug-likeness (QED) is 0.748. The normalized spacial score (nSPS) is 22.5. The molecule has 0 spiro atoms. The summed E-state index contributed by atoms with van der Waals surface area (Å²) in [4.78, 5) is 10.9. The third kappa shape index (κ3) is 2.92. The molecule has 1 aliphatic heterocycles. The van der Waals surface area contributed by atoms with Gasteiger partial charge in [0, 0.05) is 0 Å². The number of hydrogen-bond donors (Lipinski definition) is 2. The van der Waals surface area contributed by atoms with E-state index in [9.17, 15) is 9.00 Å². The van der Waals surface area contributed by atoms with E-state index in [0.717, 1.165) is 4.31 Å². The molecule has 0 aromatic rings. The number of rotatable bonds is 3. The van der Waals surface area contributed by atoms with Gasteiger partial charge in [0.25, 0.3) is 11.3 Å². The van der Waals surface area contributed by atoms with Gasteiger partial charge in [0.2, 0.25) is 0 Å². The second-order valence-corrected chi connectivity index (χ2v) is 4.18. The minimum Gasteiger partial charge on any atom is -0.478 e. The third-order valence-corrected chi connectivity index (χ3v) is 2.95. The largest absolute Gasteiger partial charge is 0.478 e. The topological polar surface area (TPSA) is 77.8 Å². The second kappa shape index (κ2) is 5.60. The predicted octanol–water partition coefficient (Wildman–Crippen LogP) is 1.47. The Morgan fingerprint density at radius 2 is 2.29 bits per heavy atom. The highest BCUT2D eigenvalue weighted by Gasteiger charge is 2.26. The van der Waals surface area contributed by atoms with E-state index in [2.05, 4.69) is 6.58 Å². The predicted molar refractivity (Wildman–Crippen MR) is 65.2 cm³/mol. The summed E-state index contributed by atoms with van der Waals surface area (Å²) in [6.45, 7) is 5.14. The minimum absolute atomic E-state index is 0.0612. The number of carboxylic acids is 1. The third-order valence-electron chi connectivity index (χ3n) is 2.24. The number of allylic oxidation sites excluding steroid dienone is 4. The van der Waals surface area contributed by atoms with Crippen molar-refractivity contribution in [1.29, 1.82) is 0 Å². The van der Waals surface area contributed by atoms with Crippen LogP contribution < -0.4 is 0 Å². The summed E-state index contributed by atoms with van der Waals surface area (Å²) in [6, 6.07) is 0. The fraction of sp³-hybridized carbons (Fsp3) is 0.182. The zero-order chi connectivity index (χ0) is 13.0. The number of hydrogen-bond acceptors (Lipinski definition) is 2. The summed E-state index contributed by atoms with van der Waals surface area (Å²) in [5.74, 6) is -1.11. The molecule has 0 bridgehead atoms. The van der Waals surface area contributed by atoms with Crippen LogP contribution in [-0.4, -0.2) is 30.7 Å². The van der Waals surface area contributed by atoms with Gasteiger partial charge in [-0.15, -0.1) is 0 Å². The van der Waals surface area contributed by atoms with Gasteiger partial charge >= 0.3 is 5.97 Å². The average Bonchev–Trinajstić information content (AvgIpc) is 2.28. The van der Waals surface area contributed by atoms with Crippen LogP contribution in [0.3, 0.4) is 0 Å². The Morgan fingerprint density at radius 3 is 2.71 bits per heavy atom. The summed E-state index contributed by atoms with van der Waals surface area (Å²) >= 11 is -2.26. The van der Waals surface area contributed by atoms with Crippen molar-refractivity contribution >= 4 is 17.2 Å². The molecular weight excluding hydrogens is 242 g/mol. The molecule has 5 nitrogen and oxygen atoms in total. The molecule has 1 atom stereocenters. The Labute approximate surface area is 102 Å². The summed E-state index contributed by atoms with van der Waals surface area (Å²) in [5.41, 5.74) is 1.12. The van der Waals surface area contributed by atoms with Crippen molar-refractivity contribution in [3.8, 4) is 0 Å². The Hall–Kier alpha value is -1.66. The van der Waals surface area contributed by atoms with E-state index in [-0.39, 0.29) is 12.1 Å². The van der Waals surface area contributed by atoms with Gasteiger partial charge in [-0.1, -0.05) is 24.8 Å². The van der Waals surface area contributed by atoms with E-state index in [4.69, 9.17) is 9.66 Å². The van der Waals surface area contributed by atoms with Crippen LogP contribution in [-0.2, 0) is 16.1 Å². The van der Waals surface area contributed by atoms with Crippen LogP contribution in [0.4, 0.5) is 0 Å². The van der Waals surface area contributed by atoms with Crippen LogP contribution in [0.25, 0.3) is 0 Å². The summed E-state index contributed by atoms with van der Waals surface area (Å²) in [7, 11) is 0. The second-order valence-electron chi connectivity index (χ2n) is 3.27. The molecule has 0 radical (unpaired) electrons. The molecule has 0 saturated heterocycles. The first-order chi connectivity index (χ1) is 8.01. The summed E-state index contributed by atoms with van der Waals surface area (Å²) in [6.07, 6.45) is 6.22. The van der Waals surface area contributed by atoms with E-state index in [1.54, 1.807) is 19.1 Å². The van der Waals surface area contributed by atoms with Crippen molar-refractivity contribution in [3.05, 3.63) is 47.7 Å². The SMILES string of the molecule is C=C/C=C1/C=C(C(=O)O)CN(S(=O)O)/C1=C/C. The molecule has 0 aromatic carbocycles. The fourth-order valence-electron chi connectivity index (χ4n) is 1.53. The van der Waals surface area contributed by atoms with E-state index < -0.39 is 17.2 Å². The molecule has 1 aliphatic rings. The van der Waals surface area contributed by atoms with Gasteiger partial charge < -0.3 is 5.11 Å². The highest BCUT2D eigenvalue weighted by molar-refractivity contribution is 7.76. The Bertz CT molecular complexity index is 462. The molecule has 92 valence electrons. The van der Waals surface area contributed by atoms with Crippen molar-refractivity contribution in [2.24, 2.45) is 0 Å². The van der Waals surface area contributed by atoms with Crippen LogP contribution in [0.1, 0.15) is 6.92 Å². The van der Waals surface area contributed by atoms with E-state index in [0.29, 0.717) is 11.3 Å². The molecule has 0 aromatic heterocycles. The van der Waals surface area contributed by atoms with E-state index >= 15 is 0 Å². The van der Waals surface area contributed by atoms with Gasteiger partial charge in [-0.3, -0.25) is 8.86 Å². The van der Waals surface area contributed by atoms with E-state index in [1.807, 2.05) is 0 Å². The van der Waals surface area contributed by atoms with Gasteiger partial charge in [-0.05, 0) is 18.6 Å². The van der Waals surface area contributed by atoms with E-state index in [1.165, 1.54) is 12.2 Å². The maximum Gasteiger partial charge on any atom is 0.333 e. The first-order valence-corrected chi connectivity index (χ1v) is 5.89. The Kier molecular flexibility index (Phi) is 4.42. The van der Waals surface area contributed by atoms with Crippen molar-refractivity contribution in [3.63, 3.8) is 0 Å². The first kappa shape index (κ1) is 13.4. The molecule has 2 N–H and O–H groups in total. The lowest BCUT2D eigenvalue weighted by atomic mass is 10.0. The average molecular weight is 255 g/mol. The molecule has 0 fully saturated rings. The first-order valence-electron chi connectivity index (χ1n) is 4.83. The van der Waals surface area contributed by atoms with Crippen molar-refractivity contribution in [2.45, 2.75) is 6.92 Å². The zero-order valence-electron chi connectivity index (χ0n) is 9.29. The van der Waals surface area contributed by atoms with Gasteiger partial charge in [0.1, 0.15) is 0 Å². The molecule has 1 rings (SSSR count). The van der Waals surface area contributed by atoms with Crippen LogP contribution >= 0.6 is 0 Å². The minimum atomic E-state index is -2.26. The standard InChI is InChI=1S/C11H13NO4S/c1-3-5-8-6-9(11(13)14)7-12(17(15)16)10(8)4-2/h3-6H,1,7H2,2H3,(H,13,14)(H,15,16)/b8-5-,10-4+. The summed E-state index contributed by atoms with van der Waals surface area (Å²) in [5, 5.41) is 8.93. The number of carbonyl (C=O) groups is 1. The van der Waals surface area contributed by atoms with Gasteiger partial charge in [-0.25, -0.2) is 9.00 Å². The summed E-state index contributed by atoms with van der Waals surface area (Å²) < 4.78 is 21.4. The van der Waals surface area contributed by atoms with Gasteiger partial charge in [0.15, 0.2) is 0 Å². The lowest BCUT2D eigenvalue weighted by Crippen LogP contribution is -2.33. The zero-order valence-corrected chi connectivity index (χ0v) is 10.1. The van der Waals surface area contributed by atoms with Crippen molar-refractivity contribution in [2.75, 3.05) is 6.54 Å².